The Hall–Kier alpha value is -2.25. The molecule has 5 nitrogen and oxygen atoms in total. The van der Waals surface area contributed by atoms with Crippen LogP contribution in [0.5, 0.6) is 0 Å². The van der Waals surface area contributed by atoms with Gasteiger partial charge in [-0.05, 0) is 37.5 Å². The van der Waals surface area contributed by atoms with E-state index in [4.69, 9.17) is 4.98 Å². The summed E-state index contributed by atoms with van der Waals surface area (Å²) in [6.07, 6.45) is 2.66. The maximum absolute atomic E-state index is 11.9. The Morgan fingerprint density at radius 1 is 1.24 bits per heavy atom. The van der Waals surface area contributed by atoms with Gasteiger partial charge >= 0.3 is 5.97 Å². The quantitative estimate of drug-likeness (QED) is 0.467. The number of hydrogen-bond acceptors (Lipinski definition) is 6. The number of aromatic nitrogens is 2. The second-order valence-electron chi connectivity index (χ2n) is 8.60. The Bertz CT molecular complexity index is 1030. The summed E-state index contributed by atoms with van der Waals surface area (Å²) in [5, 5.41) is 13.6. The van der Waals surface area contributed by atoms with Gasteiger partial charge in [0.25, 0.3) is 0 Å². The van der Waals surface area contributed by atoms with E-state index in [1.807, 2.05) is 19.1 Å². The van der Waals surface area contributed by atoms with Crippen molar-refractivity contribution in [1.82, 2.24) is 9.97 Å². The minimum Gasteiger partial charge on any atom is -0.478 e. The Labute approximate surface area is 179 Å². The van der Waals surface area contributed by atoms with Gasteiger partial charge in [-0.1, -0.05) is 34.6 Å². The van der Waals surface area contributed by atoms with Crippen LogP contribution in [-0.4, -0.2) is 21.0 Å². The predicted molar refractivity (Wildman–Crippen MR) is 122 cm³/mol. The molecule has 154 valence electrons. The van der Waals surface area contributed by atoms with E-state index in [0.717, 1.165) is 22.6 Å². The Kier molecular flexibility index (Phi) is 6.10. The smallest absolute Gasteiger partial charge is 0.339 e. The Morgan fingerprint density at radius 3 is 2.52 bits per heavy atom. The fraction of sp³-hybridized carbons (Fsp3) is 0.409. The third-order valence-electron chi connectivity index (χ3n) is 4.37. The summed E-state index contributed by atoms with van der Waals surface area (Å²) >= 11 is 3.20. The van der Waals surface area contributed by atoms with Crippen molar-refractivity contribution in [3.8, 4) is 10.4 Å². The van der Waals surface area contributed by atoms with Crippen LogP contribution in [0.2, 0.25) is 0 Å². The average molecular weight is 430 g/mol. The molecule has 0 aliphatic rings. The van der Waals surface area contributed by atoms with Crippen LogP contribution in [0.4, 0.5) is 10.9 Å². The number of rotatable bonds is 6. The number of aromatic carboxylic acids is 1. The van der Waals surface area contributed by atoms with Crippen molar-refractivity contribution in [3.63, 3.8) is 0 Å². The van der Waals surface area contributed by atoms with E-state index < -0.39 is 5.97 Å². The molecule has 3 aromatic heterocycles. The van der Waals surface area contributed by atoms with Gasteiger partial charge in [0.2, 0.25) is 0 Å². The molecule has 2 N–H and O–H groups in total. The number of nitrogens with zero attached hydrogens (tertiary/aromatic N) is 2. The molecule has 0 aliphatic carbocycles. The van der Waals surface area contributed by atoms with E-state index in [1.54, 1.807) is 34.9 Å². The lowest BCUT2D eigenvalue weighted by atomic mass is 9.90. The minimum atomic E-state index is -1.01. The number of hydrogen-bond donors (Lipinski definition) is 2. The number of aryl methyl sites for hydroxylation is 1. The Morgan fingerprint density at radius 2 is 1.97 bits per heavy atom. The summed E-state index contributed by atoms with van der Waals surface area (Å²) in [6.45, 7) is 12.8. The topological polar surface area (TPSA) is 75.1 Å². The maximum atomic E-state index is 11.9. The molecule has 29 heavy (non-hydrogen) atoms. The van der Waals surface area contributed by atoms with Crippen molar-refractivity contribution in [2.24, 2.45) is 5.92 Å². The van der Waals surface area contributed by atoms with Crippen LogP contribution in [0.3, 0.4) is 0 Å². The van der Waals surface area contributed by atoms with Gasteiger partial charge in [0, 0.05) is 31.8 Å². The molecule has 0 aromatic carbocycles. The average Bonchev–Trinajstić information content (AvgIpc) is 3.20. The van der Waals surface area contributed by atoms with Crippen molar-refractivity contribution in [2.45, 2.75) is 53.4 Å². The van der Waals surface area contributed by atoms with Crippen molar-refractivity contribution < 1.29 is 9.90 Å². The highest BCUT2D eigenvalue weighted by Crippen LogP contribution is 2.36. The van der Waals surface area contributed by atoms with Gasteiger partial charge < -0.3 is 10.4 Å². The lowest BCUT2D eigenvalue weighted by molar-refractivity contribution is 0.0697. The predicted octanol–water partition coefficient (Wildman–Crippen LogP) is 6.51. The van der Waals surface area contributed by atoms with Crippen molar-refractivity contribution in [3.05, 3.63) is 45.4 Å². The minimum absolute atomic E-state index is 0.0788. The first kappa shape index (κ1) is 21.5. The number of anilines is 2. The lowest BCUT2D eigenvalue weighted by Gasteiger charge is -2.18. The largest absolute Gasteiger partial charge is 0.478 e. The second kappa shape index (κ2) is 8.24. The van der Waals surface area contributed by atoms with Gasteiger partial charge in [-0.25, -0.2) is 14.8 Å². The molecule has 0 radical (unpaired) electrons. The van der Waals surface area contributed by atoms with Crippen molar-refractivity contribution in [1.29, 1.82) is 0 Å². The van der Waals surface area contributed by atoms with Crippen LogP contribution >= 0.6 is 22.7 Å². The van der Waals surface area contributed by atoms with Crippen LogP contribution in [0, 0.1) is 12.8 Å². The van der Waals surface area contributed by atoms with Crippen molar-refractivity contribution in [2.75, 3.05) is 5.32 Å². The normalized spacial score (nSPS) is 11.8. The lowest BCUT2D eigenvalue weighted by Crippen LogP contribution is -2.15. The highest BCUT2D eigenvalue weighted by atomic mass is 32.1. The fourth-order valence-electron chi connectivity index (χ4n) is 3.05. The van der Waals surface area contributed by atoms with E-state index in [1.165, 1.54) is 9.75 Å². The van der Waals surface area contributed by atoms with Gasteiger partial charge in [-0.3, -0.25) is 0 Å². The Balaban J connectivity index is 1.97. The molecule has 0 unspecified atom stereocenters. The SMILES string of the molecule is Cc1ccc(-c2cnc(Nc3nc(C(C)(C)C)c(CC(C)C)s3)c(C(=O)O)c2)s1. The molecule has 3 heterocycles. The third-order valence-corrected chi connectivity index (χ3v) is 6.41. The number of thiophene rings is 1. The molecule has 0 atom stereocenters. The highest BCUT2D eigenvalue weighted by molar-refractivity contribution is 7.16. The molecule has 0 amide bonds. The van der Waals surface area contributed by atoms with Gasteiger partial charge in [-0.2, -0.15) is 0 Å². The van der Waals surface area contributed by atoms with E-state index in [-0.39, 0.29) is 11.0 Å². The molecule has 0 bridgehead atoms. The number of carboxylic acid groups (broad SMARTS) is 1. The van der Waals surface area contributed by atoms with E-state index >= 15 is 0 Å². The van der Waals surface area contributed by atoms with E-state index in [9.17, 15) is 9.90 Å². The molecular formula is C22H27N3O2S2. The molecule has 7 heteroatoms. The third kappa shape index (κ3) is 5.03. The summed E-state index contributed by atoms with van der Waals surface area (Å²) in [5.74, 6) is -0.171. The summed E-state index contributed by atoms with van der Waals surface area (Å²) in [7, 11) is 0. The van der Waals surface area contributed by atoms with E-state index in [2.05, 4.69) is 44.9 Å². The van der Waals surface area contributed by atoms with Crippen LogP contribution in [0.15, 0.2) is 24.4 Å². The fourth-order valence-corrected chi connectivity index (χ4v) is 5.29. The molecule has 0 saturated carbocycles. The molecule has 3 rings (SSSR count). The maximum Gasteiger partial charge on any atom is 0.339 e. The van der Waals surface area contributed by atoms with Crippen molar-refractivity contribution >= 4 is 39.6 Å². The number of carboxylic acids is 1. The first-order valence-corrected chi connectivity index (χ1v) is 11.2. The summed E-state index contributed by atoms with van der Waals surface area (Å²) in [4.78, 5) is 24.5. The molecule has 0 aliphatic heterocycles. The summed E-state index contributed by atoms with van der Waals surface area (Å²) in [6, 6.07) is 5.69. The monoisotopic (exact) mass is 429 g/mol. The second-order valence-corrected chi connectivity index (χ2v) is 11.0. The summed E-state index contributed by atoms with van der Waals surface area (Å²) < 4.78 is 0. The first-order valence-electron chi connectivity index (χ1n) is 9.62. The summed E-state index contributed by atoms with van der Waals surface area (Å²) in [5.41, 5.74) is 1.93. The zero-order valence-corrected chi connectivity index (χ0v) is 19.3. The van der Waals surface area contributed by atoms with Gasteiger partial charge in [0.05, 0.1) is 5.69 Å². The van der Waals surface area contributed by atoms with Crippen LogP contribution in [0.25, 0.3) is 10.4 Å². The van der Waals surface area contributed by atoms with E-state index in [0.29, 0.717) is 16.9 Å². The molecule has 3 aromatic rings. The molecular weight excluding hydrogens is 402 g/mol. The highest BCUT2D eigenvalue weighted by Gasteiger charge is 2.24. The first-order chi connectivity index (χ1) is 13.5. The number of nitrogens with one attached hydrogen (secondary N) is 1. The zero-order valence-electron chi connectivity index (χ0n) is 17.7. The van der Waals surface area contributed by atoms with Crippen LogP contribution < -0.4 is 5.32 Å². The van der Waals surface area contributed by atoms with Crippen LogP contribution in [0.1, 0.15) is 60.4 Å². The standard InChI is InChI=1S/C22H27N3O2S2/c1-12(2)9-17-18(22(4,5)6)24-21(29-17)25-19-15(20(26)27)10-14(11-23-19)16-8-7-13(3)28-16/h7-8,10-12H,9H2,1-6H3,(H,26,27)(H,23,24,25). The number of carbonyl (C=O) groups is 1. The van der Waals surface area contributed by atoms with Crippen LogP contribution in [-0.2, 0) is 11.8 Å². The molecule has 0 saturated heterocycles. The molecule has 0 spiro atoms. The zero-order chi connectivity index (χ0) is 21.3. The number of thiazole rings is 1. The van der Waals surface area contributed by atoms with Gasteiger partial charge in [0.15, 0.2) is 5.13 Å². The van der Waals surface area contributed by atoms with Gasteiger partial charge in [-0.15, -0.1) is 22.7 Å². The van der Waals surface area contributed by atoms with Gasteiger partial charge in [0.1, 0.15) is 11.4 Å². The number of pyridine rings is 1. The molecule has 0 fully saturated rings.